The Hall–Kier alpha value is -1.55. The van der Waals surface area contributed by atoms with Crippen LogP contribution in [-0.4, -0.2) is 37.2 Å². The molecule has 1 aromatic rings. The monoisotopic (exact) mass is 384 g/mol. The van der Waals surface area contributed by atoms with Crippen LogP contribution in [0.25, 0.3) is 0 Å². The van der Waals surface area contributed by atoms with Gasteiger partial charge in [-0.15, -0.1) is 0 Å². The molecule has 1 saturated heterocycles. The summed E-state index contributed by atoms with van der Waals surface area (Å²) >= 11 is 0. The van der Waals surface area contributed by atoms with E-state index < -0.39 is 0 Å². The van der Waals surface area contributed by atoms with Gasteiger partial charge in [0.1, 0.15) is 0 Å². The quantitative estimate of drug-likeness (QED) is 0.803. The van der Waals surface area contributed by atoms with E-state index in [1.54, 1.807) is 0 Å². The van der Waals surface area contributed by atoms with Crippen molar-refractivity contribution in [1.29, 1.82) is 0 Å². The molecule has 5 rings (SSSR count). The van der Waals surface area contributed by atoms with Crippen molar-refractivity contribution >= 4 is 6.09 Å². The summed E-state index contributed by atoms with van der Waals surface area (Å²) in [5.74, 6) is 3.02. The Morgan fingerprint density at radius 1 is 1.25 bits per heavy atom. The molecular formula is C24H36N2O2. The number of amides is 1. The van der Waals surface area contributed by atoms with E-state index in [1.165, 1.54) is 69.3 Å². The van der Waals surface area contributed by atoms with Gasteiger partial charge >= 0.3 is 6.09 Å². The minimum atomic E-state index is -0.284. The zero-order valence-electron chi connectivity index (χ0n) is 17.2. The van der Waals surface area contributed by atoms with Gasteiger partial charge in [0, 0.05) is 13.4 Å². The molecule has 28 heavy (non-hydrogen) atoms. The molecule has 0 aromatic heterocycles. The number of nitrogens with zero attached hydrogens (tertiary/aromatic N) is 1. The Balaban J connectivity index is 0.00000205. The first-order valence-corrected chi connectivity index (χ1v) is 11.4. The second-order valence-electron chi connectivity index (χ2n) is 9.72. The number of likely N-dealkylation sites (tertiary alicyclic amines) is 1. The summed E-state index contributed by atoms with van der Waals surface area (Å²) in [5.41, 5.74) is 3.00. The fourth-order valence-corrected chi connectivity index (χ4v) is 6.91. The topological polar surface area (TPSA) is 41.6 Å². The van der Waals surface area contributed by atoms with Gasteiger partial charge in [0.15, 0.2) is 0 Å². The first-order valence-electron chi connectivity index (χ1n) is 11.4. The van der Waals surface area contributed by atoms with Gasteiger partial charge < -0.3 is 15.0 Å². The summed E-state index contributed by atoms with van der Waals surface area (Å²) in [6.45, 7) is 6.00. The van der Waals surface area contributed by atoms with E-state index in [-0.39, 0.29) is 19.0 Å². The third-order valence-electron chi connectivity index (χ3n) is 8.26. The summed E-state index contributed by atoms with van der Waals surface area (Å²) in [6.07, 6.45) is 9.15. The lowest BCUT2D eigenvalue weighted by Crippen LogP contribution is -2.44. The molecule has 4 aliphatic rings. The molecule has 2 saturated carbocycles. The van der Waals surface area contributed by atoms with Crippen LogP contribution in [0, 0.1) is 17.8 Å². The van der Waals surface area contributed by atoms with Gasteiger partial charge in [0.05, 0.1) is 12.6 Å². The summed E-state index contributed by atoms with van der Waals surface area (Å²) in [6, 6.07) is 8.85. The van der Waals surface area contributed by atoms with Gasteiger partial charge in [0.2, 0.25) is 0 Å². The van der Waals surface area contributed by atoms with E-state index in [2.05, 4.69) is 34.5 Å². The van der Waals surface area contributed by atoms with Crippen molar-refractivity contribution in [3.05, 3.63) is 35.4 Å². The molecule has 4 atom stereocenters. The molecule has 0 unspecified atom stereocenters. The van der Waals surface area contributed by atoms with E-state index in [0.29, 0.717) is 6.61 Å². The van der Waals surface area contributed by atoms with Gasteiger partial charge in [-0.3, -0.25) is 0 Å². The van der Waals surface area contributed by atoms with Crippen LogP contribution in [-0.2, 0) is 10.2 Å². The molecular weight excluding hydrogens is 348 g/mol. The first kappa shape index (κ1) is 18.5. The Morgan fingerprint density at radius 2 is 2.07 bits per heavy atom. The normalized spacial score (nSPS) is 33.2. The zero-order chi connectivity index (χ0) is 19.1. The molecule has 2 bridgehead atoms. The number of piperidine rings is 1. The molecule has 4 heteroatoms. The molecule has 4 nitrogen and oxygen atoms in total. The highest BCUT2D eigenvalue weighted by atomic mass is 16.5. The van der Waals surface area contributed by atoms with Crippen LogP contribution in [0.4, 0.5) is 4.79 Å². The molecule has 3 aliphatic carbocycles. The molecule has 0 radical (unpaired) electrons. The van der Waals surface area contributed by atoms with Gasteiger partial charge in [0.25, 0.3) is 0 Å². The first-order chi connectivity index (χ1) is 13.7. The zero-order valence-corrected chi connectivity index (χ0v) is 17.2. The fraction of sp³-hybridized carbons (Fsp3) is 0.708. The van der Waals surface area contributed by atoms with Crippen LogP contribution in [0.1, 0.15) is 70.5 Å². The van der Waals surface area contributed by atoms with Crippen LogP contribution in [0.5, 0.6) is 0 Å². The van der Waals surface area contributed by atoms with Crippen molar-refractivity contribution < 1.29 is 11.0 Å². The molecule has 1 heterocycles. The number of carbonyl (C=O) groups is 1. The highest BCUT2D eigenvalue weighted by molar-refractivity contribution is 5.68. The number of alkyl carbamates (subject to hydrolysis) is 1. The van der Waals surface area contributed by atoms with Crippen LogP contribution in [0.15, 0.2) is 24.3 Å². The van der Waals surface area contributed by atoms with E-state index in [1.807, 2.05) is 6.92 Å². The van der Waals surface area contributed by atoms with Gasteiger partial charge in [-0.1, -0.05) is 30.7 Å². The van der Waals surface area contributed by atoms with Gasteiger partial charge in [-0.2, -0.15) is 0 Å². The third kappa shape index (κ3) is 3.24. The molecule has 1 spiro atoms. The molecule has 3 fully saturated rings. The number of rotatable bonds is 4. The smallest absolute Gasteiger partial charge is 0.407 e. The highest BCUT2D eigenvalue weighted by Crippen LogP contribution is 2.52. The van der Waals surface area contributed by atoms with Crippen molar-refractivity contribution in [2.24, 2.45) is 17.8 Å². The number of hydrogen-bond donors (Lipinski definition) is 1. The van der Waals surface area contributed by atoms with Crippen molar-refractivity contribution in [2.75, 3.05) is 26.2 Å². The van der Waals surface area contributed by atoms with Crippen molar-refractivity contribution in [2.45, 2.75) is 63.3 Å². The predicted molar refractivity (Wildman–Crippen MR) is 112 cm³/mol. The Kier molecular flexibility index (Phi) is 4.86. The van der Waals surface area contributed by atoms with Gasteiger partial charge in [-0.05, 0) is 87.4 Å². The average molecular weight is 385 g/mol. The Labute approximate surface area is 170 Å². The molecule has 1 amide bonds. The largest absolute Gasteiger partial charge is 0.450 e. The lowest BCUT2D eigenvalue weighted by atomic mass is 9.73. The molecule has 1 aromatic carbocycles. The lowest BCUT2D eigenvalue weighted by Gasteiger charge is -2.42. The molecule has 1 N–H and O–H groups in total. The van der Waals surface area contributed by atoms with E-state index >= 15 is 0 Å². The summed E-state index contributed by atoms with van der Waals surface area (Å²) in [7, 11) is 0. The van der Waals surface area contributed by atoms with Gasteiger partial charge in [-0.25, -0.2) is 4.79 Å². The number of carbonyl (C=O) groups excluding carboxylic acids is 1. The molecule has 154 valence electrons. The number of ether oxygens (including phenoxy) is 1. The lowest BCUT2D eigenvalue weighted by molar-refractivity contribution is 0.116. The average Bonchev–Trinajstić information content (AvgIpc) is 3.39. The van der Waals surface area contributed by atoms with Crippen molar-refractivity contribution in [1.82, 2.24) is 10.2 Å². The van der Waals surface area contributed by atoms with Crippen molar-refractivity contribution in [3.63, 3.8) is 0 Å². The maximum Gasteiger partial charge on any atom is 0.407 e. The number of fused-ring (bicyclic) bond motifs is 4. The summed E-state index contributed by atoms with van der Waals surface area (Å²) in [4.78, 5) is 14.8. The summed E-state index contributed by atoms with van der Waals surface area (Å²) < 4.78 is 5.15. The summed E-state index contributed by atoms with van der Waals surface area (Å²) in [5, 5.41) is 3.12. The van der Waals surface area contributed by atoms with Crippen LogP contribution >= 0.6 is 0 Å². The Morgan fingerprint density at radius 3 is 2.79 bits per heavy atom. The maximum absolute atomic E-state index is 12.0. The highest BCUT2D eigenvalue weighted by Gasteiger charge is 2.47. The van der Waals surface area contributed by atoms with E-state index in [9.17, 15) is 4.79 Å². The predicted octanol–water partition coefficient (Wildman–Crippen LogP) is 4.89. The SMILES string of the molecule is CCOC(=O)N[C@@H]1CC2(CCN(C[C@H]3C[C@H]4CC[C@@H]3C4)CC2)c2ccccc21.[HH]. The van der Waals surface area contributed by atoms with Crippen molar-refractivity contribution in [3.8, 4) is 0 Å². The van der Waals surface area contributed by atoms with Crippen LogP contribution in [0.2, 0.25) is 0 Å². The minimum Gasteiger partial charge on any atom is -0.450 e. The van der Waals surface area contributed by atoms with E-state index in [0.717, 1.165) is 24.2 Å². The third-order valence-corrected chi connectivity index (χ3v) is 8.26. The second kappa shape index (κ2) is 7.37. The molecule has 1 aliphatic heterocycles. The number of hydrogen-bond acceptors (Lipinski definition) is 3. The maximum atomic E-state index is 12.0. The second-order valence-corrected chi connectivity index (χ2v) is 9.72. The standard InChI is InChI=1S/C24H34N2O2.H2/c1-2-28-23(27)25-22-15-24(21-6-4-3-5-20(21)22)9-11-26(12-10-24)16-19-14-17-7-8-18(19)13-17;/h3-6,17-19,22H,2,7-16H2,1H3,(H,25,27);1H/t17-,18+,19+,22+;/m0./s1. The number of nitrogens with one attached hydrogen (secondary N) is 1. The number of benzene rings is 1. The van der Waals surface area contributed by atoms with E-state index in [4.69, 9.17) is 4.74 Å². The minimum absolute atomic E-state index is 0. The van der Waals surface area contributed by atoms with Crippen LogP contribution in [0.3, 0.4) is 0 Å². The fourth-order valence-electron chi connectivity index (χ4n) is 6.91. The Bertz CT molecular complexity index is 731. The van der Waals surface area contributed by atoms with Crippen LogP contribution < -0.4 is 5.32 Å².